The van der Waals surface area contributed by atoms with E-state index in [-0.39, 0.29) is 17.9 Å². The van der Waals surface area contributed by atoms with Crippen molar-refractivity contribution in [3.05, 3.63) is 0 Å². The Hall–Kier alpha value is -1.70. The number of carbonyl (C=O) groups excluding carboxylic acids is 2. The molecule has 1 unspecified atom stereocenters. The van der Waals surface area contributed by atoms with Gasteiger partial charge in [0.1, 0.15) is 5.60 Å². The van der Waals surface area contributed by atoms with Crippen molar-refractivity contribution in [2.45, 2.75) is 39.2 Å². The van der Waals surface area contributed by atoms with Gasteiger partial charge in [0, 0.05) is 38.5 Å². The maximum Gasteiger partial charge on any atom is 0.410 e. The van der Waals surface area contributed by atoms with Gasteiger partial charge in [-0.15, -0.1) is 12.3 Å². The smallest absolute Gasteiger partial charge is 0.410 e. The van der Waals surface area contributed by atoms with Crippen LogP contribution in [0.3, 0.4) is 0 Å². The molecular weight excluding hydrogens is 268 g/mol. The van der Waals surface area contributed by atoms with Crippen LogP contribution in [0.1, 0.15) is 33.6 Å². The second-order valence-corrected chi connectivity index (χ2v) is 6.95. The van der Waals surface area contributed by atoms with E-state index in [1.54, 1.807) is 4.90 Å². The van der Waals surface area contributed by atoms with Crippen LogP contribution in [-0.2, 0) is 9.53 Å². The molecule has 2 heterocycles. The first-order valence-corrected chi connectivity index (χ1v) is 7.50. The van der Waals surface area contributed by atoms with Crippen molar-refractivity contribution >= 4 is 12.0 Å². The van der Waals surface area contributed by atoms with Crippen LogP contribution in [0, 0.1) is 24.2 Å². The molecule has 0 aromatic heterocycles. The van der Waals surface area contributed by atoms with Crippen LogP contribution >= 0.6 is 0 Å². The third-order valence-electron chi connectivity index (χ3n) is 3.87. The van der Waals surface area contributed by atoms with Gasteiger partial charge in [-0.2, -0.15) is 0 Å². The average molecular weight is 292 g/mol. The maximum absolute atomic E-state index is 12.0. The molecular formula is C16H24N2O3. The zero-order chi connectivity index (χ0) is 15.6. The summed E-state index contributed by atoms with van der Waals surface area (Å²) in [7, 11) is 0. The normalized spacial score (nSPS) is 26.1. The summed E-state index contributed by atoms with van der Waals surface area (Å²) in [5.74, 6) is 3.15. The average Bonchev–Trinajstić information content (AvgIpc) is 2.95. The molecule has 0 spiro atoms. The van der Waals surface area contributed by atoms with Crippen molar-refractivity contribution in [3.63, 3.8) is 0 Å². The molecule has 2 aliphatic rings. The summed E-state index contributed by atoms with van der Waals surface area (Å²) in [4.78, 5) is 27.4. The lowest BCUT2D eigenvalue weighted by molar-refractivity contribution is -0.128. The Bertz CT molecular complexity index is 461. The van der Waals surface area contributed by atoms with Crippen LogP contribution in [-0.4, -0.2) is 53.6 Å². The fourth-order valence-corrected chi connectivity index (χ4v) is 2.85. The van der Waals surface area contributed by atoms with Crippen molar-refractivity contribution < 1.29 is 14.3 Å². The summed E-state index contributed by atoms with van der Waals surface area (Å²) in [6.07, 6.45) is 6.49. The fraction of sp³-hybridized carbons (Fsp3) is 0.750. The van der Waals surface area contributed by atoms with E-state index >= 15 is 0 Å². The molecule has 5 heteroatoms. The Morgan fingerprint density at radius 2 is 2.14 bits per heavy atom. The molecule has 2 rings (SSSR count). The number of nitrogens with zero attached hydrogens (tertiary/aromatic N) is 2. The molecule has 116 valence electrons. The summed E-state index contributed by atoms with van der Waals surface area (Å²) < 4.78 is 5.38. The number of carbonyl (C=O) groups is 2. The van der Waals surface area contributed by atoms with Crippen molar-refractivity contribution in [2.75, 3.05) is 26.2 Å². The molecule has 2 fully saturated rings. The number of rotatable bonds is 2. The Morgan fingerprint density at radius 1 is 1.43 bits per heavy atom. The Kier molecular flexibility index (Phi) is 4.46. The molecule has 0 saturated carbocycles. The minimum atomic E-state index is -0.472. The first-order chi connectivity index (χ1) is 9.78. The van der Waals surface area contributed by atoms with E-state index in [0.717, 1.165) is 6.42 Å². The predicted octanol–water partition coefficient (Wildman–Crippen LogP) is 1.73. The Balaban J connectivity index is 1.82. The lowest BCUT2D eigenvalue weighted by atomic mass is 10.1. The number of amides is 2. The van der Waals surface area contributed by atoms with Gasteiger partial charge in [-0.1, -0.05) is 0 Å². The zero-order valence-electron chi connectivity index (χ0n) is 13.1. The van der Waals surface area contributed by atoms with Crippen LogP contribution < -0.4 is 0 Å². The number of hydrogen-bond acceptors (Lipinski definition) is 3. The molecule has 2 saturated heterocycles. The van der Waals surface area contributed by atoms with Crippen LogP contribution in [0.5, 0.6) is 0 Å². The molecule has 2 aliphatic heterocycles. The molecule has 0 aromatic carbocycles. The first kappa shape index (κ1) is 15.7. The van der Waals surface area contributed by atoms with Gasteiger partial charge in [0.25, 0.3) is 0 Å². The molecule has 0 bridgehead atoms. The van der Waals surface area contributed by atoms with E-state index < -0.39 is 5.60 Å². The molecule has 2 amide bonds. The number of terminal acetylenes is 1. The predicted molar refractivity (Wildman–Crippen MR) is 79.4 cm³/mol. The van der Waals surface area contributed by atoms with Crippen LogP contribution in [0.4, 0.5) is 4.79 Å². The highest BCUT2D eigenvalue weighted by atomic mass is 16.6. The number of likely N-dealkylation sites (tertiary alicyclic amines) is 2. The van der Waals surface area contributed by atoms with E-state index in [2.05, 4.69) is 5.92 Å². The Labute approximate surface area is 126 Å². The van der Waals surface area contributed by atoms with Gasteiger partial charge >= 0.3 is 6.09 Å². The first-order valence-electron chi connectivity index (χ1n) is 7.50. The molecule has 0 radical (unpaired) electrons. The van der Waals surface area contributed by atoms with Gasteiger partial charge in [0.2, 0.25) is 5.91 Å². The van der Waals surface area contributed by atoms with Gasteiger partial charge in [-0.05, 0) is 33.1 Å². The van der Waals surface area contributed by atoms with Gasteiger partial charge in [-0.3, -0.25) is 4.79 Å². The lowest BCUT2D eigenvalue weighted by Gasteiger charge is -2.25. The highest BCUT2D eigenvalue weighted by molar-refractivity contribution is 5.79. The molecule has 0 N–H and O–H groups in total. The SMILES string of the molecule is C#CC1CC(=O)N(C[C@H]2CCN(C(=O)OC(C)(C)C)C2)C1. The summed E-state index contributed by atoms with van der Waals surface area (Å²) >= 11 is 0. The monoisotopic (exact) mass is 292 g/mol. The van der Waals surface area contributed by atoms with Gasteiger partial charge in [-0.25, -0.2) is 4.79 Å². The lowest BCUT2D eigenvalue weighted by Crippen LogP contribution is -2.37. The highest BCUT2D eigenvalue weighted by Gasteiger charge is 2.34. The zero-order valence-corrected chi connectivity index (χ0v) is 13.1. The minimum absolute atomic E-state index is 0.0425. The van der Waals surface area contributed by atoms with Crippen LogP contribution in [0.15, 0.2) is 0 Å². The second kappa shape index (κ2) is 5.97. The van der Waals surface area contributed by atoms with Gasteiger partial charge in [0.15, 0.2) is 0 Å². The van der Waals surface area contributed by atoms with E-state index in [9.17, 15) is 9.59 Å². The highest BCUT2D eigenvalue weighted by Crippen LogP contribution is 2.24. The quantitative estimate of drug-likeness (QED) is 0.728. The fourth-order valence-electron chi connectivity index (χ4n) is 2.85. The van der Waals surface area contributed by atoms with E-state index in [1.165, 1.54) is 0 Å². The summed E-state index contributed by atoms with van der Waals surface area (Å²) in [5.41, 5.74) is -0.472. The largest absolute Gasteiger partial charge is 0.444 e. The molecule has 0 aromatic rings. The van der Waals surface area contributed by atoms with E-state index in [0.29, 0.717) is 38.5 Å². The van der Waals surface area contributed by atoms with Gasteiger partial charge < -0.3 is 14.5 Å². The molecule has 5 nitrogen and oxygen atoms in total. The third kappa shape index (κ3) is 4.13. The van der Waals surface area contributed by atoms with E-state index in [1.807, 2.05) is 25.7 Å². The standard InChI is InChI=1S/C16H24N2O3/c1-5-12-8-14(19)18(9-12)11-13-6-7-17(10-13)15(20)21-16(2,3)4/h1,12-13H,6-11H2,2-4H3/t12?,13-/m0/s1. The van der Waals surface area contributed by atoms with Crippen molar-refractivity contribution in [1.82, 2.24) is 9.80 Å². The number of ether oxygens (including phenoxy) is 1. The number of hydrogen-bond donors (Lipinski definition) is 0. The van der Waals surface area contributed by atoms with Gasteiger partial charge in [0.05, 0.1) is 0 Å². The summed E-state index contributed by atoms with van der Waals surface area (Å²) in [6.45, 7) is 8.28. The van der Waals surface area contributed by atoms with Crippen molar-refractivity contribution in [3.8, 4) is 12.3 Å². The minimum Gasteiger partial charge on any atom is -0.444 e. The second-order valence-electron chi connectivity index (χ2n) is 6.95. The summed E-state index contributed by atoms with van der Waals surface area (Å²) in [5, 5.41) is 0. The Morgan fingerprint density at radius 3 is 2.71 bits per heavy atom. The molecule has 2 atom stereocenters. The van der Waals surface area contributed by atoms with E-state index in [4.69, 9.17) is 11.2 Å². The third-order valence-corrected chi connectivity index (χ3v) is 3.87. The van der Waals surface area contributed by atoms with Crippen molar-refractivity contribution in [2.24, 2.45) is 11.8 Å². The van der Waals surface area contributed by atoms with Crippen LogP contribution in [0.2, 0.25) is 0 Å². The topological polar surface area (TPSA) is 49.9 Å². The molecule has 0 aliphatic carbocycles. The summed E-state index contributed by atoms with van der Waals surface area (Å²) in [6, 6.07) is 0. The molecule has 21 heavy (non-hydrogen) atoms. The maximum atomic E-state index is 12.0. The van der Waals surface area contributed by atoms with Crippen molar-refractivity contribution in [1.29, 1.82) is 0 Å². The van der Waals surface area contributed by atoms with Crippen LogP contribution in [0.25, 0.3) is 0 Å².